The second-order valence-corrected chi connectivity index (χ2v) is 5.32. The summed E-state index contributed by atoms with van der Waals surface area (Å²) in [6.45, 7) is 2.09. The Balaban J connectivity index is 2.07. The van der Waals surface area contributed by atoms with Crippen LogP contribution in [0.2, 0.25) is 0 Å². The molecule has 3 aromatic rings. The molecule has 2 nitrogen and oxygen atoms in total. The van der Waals surface area contributed by atoms with Crippen molar-refractivity contribution in [3.8, 4) is 0 Å². The fraction of sp³-hybridized carbons (Fsp3) is 0.133. The molecule has 90 valence electrons. The van der Waals surface area contributed by atoms with Crippen LogP contribution in [0.15, 0.2) is 47.8 Å². The number of para-hydroxylation sites is 1. The summed E-state index contributed by atoms with van der Waals surface area (Å²) >= 11 is 1.69. The molecule has 18 heavy (non-hydrogen) atoms. The smallest absolute Gasteiger partial charge is 0.0822 e. The molecule has 2 N–H and O–H groups in total. The van der Waals surface area contributed by atoms with Crippen molar-refractivity contribution in [3.05, 3.63) is 64.0 Å². The molecule has 2 heterocycles. The van der Waals surface area contributed by atoms with Crippen molar-refractivity contribution < 1.29 is 0 Å². The van der Waals surface area contributed by atoms with Crippen LogP contribution in [0.1, 0.15) is 22.2 Å². The van der Waals surface area contributed by atoms with Crippen molar-refractivity contribution >= 4 is 22.2 Å². The van der Waals surface area contributed by atoms with Crippen molar-refractivity contribution in [1.29, 1.82) is 0 Å². The molecule has 0 fully saturated rings. The van der Waals surface area contributed by atoms with E-state index >= 15 is 0 Å². The van der Waals surface area contributed by atoms with Gasteiger partial charge in [-0.2, -0.15) is 0 Å². The van der Waals surface area contributed by atoms with Crippen LogP contribution in [0.25, 0.3) is 10.9 Å². The Morgan fingerprint density at radius 3 is 2.72 bits per heavy atom. The zero-order valence-corrected chi connectivity index (χ0v) is 10.9. The third kappa shape index (κ3) is 1.92. The van der Waals surface area contributed by atoms with E-state index in [0.29, 0.717) is 0 Å². The highest BCUT2D eigenvalue weighted by atomic mass is 32.1. The molecule has 0 aliphatic rings. The Hall–Kier alpha value is -1.71. The van der Waals surface area contributed by atoms with Crippen molar-refractivity contribution in [2.45, 2.75) is 13.0 Å². The largest absolute Gasteiger partial charge is 0.318 e. The van der Waals surface area contributed by atoms with E-state index in [2.05, 4.69) is 35.5 Å². The van der Waals surface area contributed by atoms with E-state index < -0.39 is 0 Å². The molecule has 0 radical (unpaired) electrons. The van der Waals surface area contributed by atoms with E-state index in [0.717, 1.165) is 16.6 Å². The monoisotopic (exact) mass is 254 g/mol. The fourth-order valence-electron chi connectivity index (χ4n) is 2.09. The Morgan fingerprint density at radius 2 is 1.94 bits per heavy atom. The van der Waals surface area contributed by atoms with Gasteiger partial charge < -0.3 is 5.73 Å². The zero-order chi connectivity index (χ0) is 12.5. The molecule has 2 aromatic heterocycles. The summed E-state index contributed by atoms with van der Waals surface area (Å²) in [5.41, 5.74) is 9.47. The van der Waals surface area contributed by atoms with E-state index in [4.69, 9.17) is 5.73 Å². The first-order chi connectivity index (χ1) is 8.75. The van der Waals surface area contributed by atoms with Crippen LogP contribution in [0.3, 0.4) is 0 Å². The molecule has 0 spiro atoms. The third-order valence-electron chi connectivity index (χ3n) is 3.12. The molecule has 0 aliphatic heterocycles. The van der Waals surface area contributed by atoms with Gasteiger partial charge in [0.15, 0.2) is 0 Å². The summed E-state index contributed by atoms with van der Waals surface area (Å²) in [7, 11) is 0. The SMILES string of the molecule is Cc1ccsc1C(N)c1ccc2ccccc2n1. The highest BCUT2D eigenvalue weighted by Crippen LogP contribution is 2.27. The quantitative estimate of drug-likeness (QED) is 0.758. The predicted molar refractivity (Wildman–Crippen MR) is 76.8 cm³/mol. The van der Waals surface area contributed by atoms with Gasteiger partial charge in [0, 0.05) is 10.3 Å². The van der Waals surface area contributed by atoms with E-state index in [9.17, 15) is 0 Å². The van der Waals surface area contributed by atoms with E-state index in [1.54, 1.807) is 11.3 Å². The minimum absolute atomic E-state index is 0.130. The minimum atomic E-state index is -0.130. The number of hydrogen-bond donors (Lipinski definition) is 1. The van der Waals surface area contributed by atoms with Crippen LogP contribution < -0.4 is 5.73 Å². The summed E-state index contributed by atoms with van der Waals surface area (Å²) in [5, 5.41) is 3.22. The number of thiophene rings is 1. The molecule has 1 unspecified atom stereocenters. The molecule has 0 saturated carbocycles. The maximum atomic E-state index is 6.30. The number of rotatable bonds is 2. The molecule has 3 rings (SSSR count). The van der Waals surface area contributed by atoms with Gasteiger partial charge in [0.1, 0.15) is 0 Å². The number of pyridine rings is 1. The Morgan fingerprint density at radius 1 is 1.11 bits per heavy atom. The number of aryl methyl sites for hydroxylation is 1. The van der Waals surface area contributed by atoms with Gasteiger partial charge in [0.25, 0.3) is 0 Å². The number of hydrogen-bond acceptors (Lipinski definition) is 3. The molecule has 1 atom stereocenters. The van der Waals surface area contributed by atoms with Crippen molar-refractivity contribution in [1.82, 2.24) is 4.98 Å². The van der Waals surface area contributed by atoms with E-state index in [1.165, 1.54) is 10.4 Å². The summed E-state index contributed by atoms with van der Waals surface area (Å²) < 4.78 is 0. The number of nitrogens with zero attached hydrogens (tertiary/aromatic N) is 1. The van der Waals surface area contributed by atoms with Gasteiger partial charge in [-0.15, -0.1) is 11.3 Å². The zero-order valence-electron chi connectivity index (χ0n) is 10.1. The number of aromatic nitrogens is 1. The second-order valence-electron chi connectivity index (χ2n) is 4.37. The first kappa shape index (κ1) is 11.4. The fourth-order valence-corrected chi connectivity index (χ4v) is 3.03. The standard InChI is InChI=1S/C15H14N2S/c1-10-8-9-18-15(10)14(16)13-7-6-11-4-2-3-5-12(11)17-13/h2-9,14H,16H2,1H3. The lowest BCUT2D eigenvalue weighted by Gasteiger charge is -2.11. The molecular weight excluding hydrogens is 240 g/mol. The van der Waals surface area contributed by atoms with Gasteiger partial charge in [-0.3, -0.25) is 4.98 Å². The summed E-state index contributed by atoms with van der Waals surface area (Å²) in [5.74, 6) is 0. The first-order valence-corrected chi connectivity index (χ1v) is 6.79. The van der Waals surface area contributed by atoms with Gasteiger partial charge >= 0.3 is 0 Å². The highest BCUT2D eigenvalue weighted by Gasteiger charge is 2.14. The molecule has 1 aromatic carbocycles. The summed E-state index contributed by atoms with van der Waals surface area (Å²) in [6.07, 6.45) is 0. The number of fused-ring (bicyclic) bond motifs is 1. The van der Waals surface area contributed by atoms with E-state index in [1.807, 2.05) is 24.3 Å². The normalized spacial score (nSPS) is 12.8. The topological polar surface area (TPSA) is 38.9 Å². The van der Waals surface area contributed by atoms with Gasteiger partial charge in [-0.25, -0.2) is 0 Å². The predicted octanol–water partition coefficient (Wildman–Crippen LogP) is 3.65. The van der Waals surface area contributed by atoms with Crippen LogP contribution in [-0.2, 0) is 0 Å². The summed E-state index contributed by atoms with van der Waals surface area (Å²) in [6, 6.07) is 14.2. The maximum absolute atomic E-state index is 6.30. The van der Waals surface area contributed by atoms with Gasteiger partial charge in [0.05, 0.1) is 17.3 Å². The van der Waals surface area contributed by atoms with Crippen LogP contribution in [-0.4, -0.2) is 4.98 Å². The van der Waals surface area contributed by atoms with Gasteiger partial charge in [0.2, 0.25) is 0 Å². The maximum Gasteiger partial charge on any atom is 0.0822 e. The van der Waals surface area contributed by atoms with Crippen molar-refractivity contribution in [2.24, 2.45) is 5.73 Å². The van der Waals surface area contributed by atoms with Crippen LogP contribution in [0.4, 0.5) is 0 Å². The second kappa shape index (κ2) is 4.52. The average Bonchev–Trinajstić information content (AvgIpc) is 2.83. The summed E-state index contributed by atoms with van der Waals surface area (Å²) in [4.78, 5) is 5.85. The minimum Gasteiger partial charge on any atom is -0.318 e. The van der Waals surface area contributed by atoms with Crippen molar-refractivity contribution in [3.63, 3.8) is 0 Å². The lowest BCUT2D eigenvalue weighted by Crippen LogP contribution is -2.13. The molecule has 0 amide bonds. The Kier molecular flexibility index (Phi) is 2.86. The lowest BCUT2D eigenvalue weighted by atomic mass is 10.1. The third-order valence-corrected chi connectivity index (χ3v) is 4.22. The highest BCUT2D eigenvalue weighted by molar-refractivity contribution is 7.10. The van der Waals surface area contributed by atoms with E-state index in [-0.39, 0.29) is 6.04 Å². The van der Waals surface area contributed by atoms with Crippen molar-refractivity contribution in [2.75, 3.05) is 0 Å². The molecule has 0 saturated heterocycles. The average molecular weight is 254 g/mol. The Labute approximate surface area is 110 Å². The molecule has 0 bridgehead atoms. The lowest BCUT2D eigenvalue weighted by molar-refractivity contribution is 0.848. The van der Waals surface area contributed by atoms with Crippen LogP contribution in [0, 0.1) is 6.92 Å². The number of benzene rings is 1. The first-order valence-electron chi connectivity index (χ1n) is 5.91. The van der Waals surface area contributed by atoms with Crippen LogP contribution in [0.5, 0.6) is 0 Å². The number of nitrogens with two attached hydrogens (primary N) is 1. The molecule has 3 heteroatoms. The molecular formula is C15H14N2S. The van der Waals surface area contributed by atoms with Gasteiger partial charge in [-0.05, 0) is 36.1 Å². The van der Waals surface area contributed by atoms with Gasteiger partial charge in [-0.1, -0.05) is 24.3 Å². The molecule has 0 aliphatic carbocycles. The van der Waals surface area contributed by atoms with Crippen LogP contribution >= 0.6 is 11.3 Å². The Bertz CT molecular complexity index is 688.